The second kappa shape index (κ2) is 9.66. The van der Waals surface area contributed by atoms with Crippen LogP contribution in [0.5, 0.6) is 11.5 Å². The summed E-state index contributed by atoms with van der Waals surface area (Å²) in [5, 5.41) is 0. The molecule has 6 nitrogen and oxygen atoms in total. The van der Waals surface area contributed by atoms with E-state index in [1.54, 1.807) is 30.2 Å². The molecule has 4 rings (SSSR count). The highest BCUT2D eigenvalue weighted by Gasteiger charge is 2.25. The Morgan fingerprint density at radius 1 is 1.03 bits per heavy atom. The van der Waals surface area contributed by atoms with E-state index in [-0.39, 0.29) is 18.3 Å². The average Bonchev–Trinajstić information content (AvgIpc) is 3.28. The predicted octanol–water partition coefficient (Wildman–Crippen LogP) is 3.96. The first-order chi connectivity index (χ1) is 15.1. The van der Waals surface area contributed by atoms with Crippen LogP contribution in [0.4, 0.5) is 4.39 Å². The second-order valence-electron chi connectivity index (χ2n) is 7.39. The molecule has 31 heavy (non-hydrogen) atoms. The van der Waals surface area contributed by atoms with Crippen LogP contribution >= 0.6 is 0 Å². The number of hydrogen-bond acceptors (Lipinski definition) is 5. The number of halogens is 1. The van der Waals surface area contributed by atoms with Crippen molar-refractivity contribution in [2.24, 2.45) is 0 Å². The van der Waals surface area contributed by atoms with Gasteiger partial charge in [0.2, 0.25) is 0 Å². The molecule has 0 N–H and O–H groups in total. The molecular formula is C24H25FN2O4. The topological polar surface area (TPSA) is 55.2 Å². The van der Waals surface area contributed by atoms with Gasteiger partial charge in [-0.1, -0.05) is 18.2 Å². The van der Waals surface area contributed by atoms with Crippen LogP contribution in [0.3, 0.4) is 0 Å². The summed E-state index contributed by atoms with van der Waals surface area (Å²) in [5.41, 5.74) is 0.802. The molecule has 0 aliphatic carbocycles. The fourth-order valence-corrected chi connectivity index (χ4v) is 3.62. The van der Waals surface area contributed by atoms with Crippen molar-refractivity contribution in [3.63, 3.8) is 0 Å². The molecule has 1 amide bonds. The summed E-state index contributed by atoms with van der Waals surface area (Å²) in [7, 11) is 1.58. The van der Waals surface area contributed by atoms with Gasteiger partial charge in [0.1, 0.15) is 29.7 Å². The van der Waals surface area contributed by atoms with Gasteiger partial charge < -0.3 is 18.8 Å². The average molecular weight is 424 g/mol. The first-order valence-corrected chi connectivity index (χ1v) is 10.2. The van der Waals surface area contributed by atoms with E-state index in [1.165, 1.54) is 12.1 Å². The molecule has 2 aromatic carbocycles. The van der Waals surface area contributed by atoms with E-state index in [2.05, 4.69) is 4.90 Å². The van der Waals surface area contributed by atoms with Gasteiger partial charge in [-0.3, -0.25) is 9.69 Å². The van der Waals surface area contributed by atoms with E-state index < -0.39 is 0 Å². The number of furan rings is 1. The number of nitrogens with zero attached hydrogens (tertiary/aromatic N) is 2. The van der Waals surface area contributed by atoms with Crippen LogP contribution in [0.1, 0.15) is 21.9 Å². The fourth-order valence-electron chi connectivity index (χ4n) is 3.62. The fraction of sp³-hybridized carbons (Fsp3) is 0.292. The van der Waals surface area contributed by atoms with E-state index in [0.29, 0.717) is 50.0 Å². The van der Waals surface area contributed by atoms with E-state index in [0.717, 1.165) is 11.3 Å². The lowest BCUT2D eigenvalue weighted by molar-refractivity contribution is 0.0593. The zero-order valence-electron chi connectivity index (χ0n) is 17.4. The Hall–Kier alpha value is -3.32. The Balaban J connectivity index is 1.29. The van der Waals surface area contributed by atoms with Crippen LogP contribution in [0, 0.1) is 5.82 Å². The molecule has 162 valence electrons. The Labute approximate surface area is 180 Å². The zero-order valence-corrected chi connectivity index (χ0v) is 17.4. The number of rotatable bonds is 7. The third kappa shape index (κ3) is 5.24. The largest absolute Gasteiger partial charge is 0.496 e. The third-order valence-electron chi connectivity index (χ3n) is 5.29. The Kier molecular flexibility index (Phi) is 6.52. The van der Waals surface area contributed by atoms with Crippen LogP contribution in [0.2, 0.25) is 0 Å². The lowest BCUT2D eigenvalue weighted by Gasteiger charge is -2.34. The second-order valence-corrected chi connectivity index (χ2v) is 7.39. The summed E-state index contributed by atoms with van der Waals surface area (Å²) < 4.78 is 30.3. The minimum absolute atomic E-state index is 0.131. The number of amides is 1. The summed E-state index contributed by atoms with van der Waals surface area (Å²) in [5.74, 6) is 1.91. The first kappa shape index (κ1) is 20.9. The van der Waals surface area contributed by atoms with Gasteiger partial charge >= 0.3 is 0 Å². The molecule has 0 bridgehead atoms. The van der Waals surface area contributed by atoms with Crippen molar-refractivity contribution in [1.82, 2.24) is 9.80 Å². The van der Waals surface area contributed by atoms with Crippen molar-refractivity contribution in [3.8, 4) is 11.5 Å². The van der Waals surface area contributed by atoms with Crippen LogP contribution in [-0.4, -0.2) is 49.0 Å². The summed E-state index contributed by atoms with van der Waals surface area (Å²) in [4.78, 5) is 16.8. The SMILES string of the molecule is COc1ccc(F)cc1CN1CCN(C(=O)c2ccc(COc3ccccc3)o2)CC1. The van der Waals surface area contributed by atoms with Gasteiger partial charge in [0.15, 0.2) is 5.76 Å². The molecule has 7 heteroatoms. The molecule has 1 aliphatic rings. The molecule has 1 aromatic heterocycles. The van der Waals surface area contributed by atoms with E-state index in [4.69, 9.17) is 13.9 Å². The maximum absolute atomic E-state index is 13.6. The number of benzene rings is 2. The van der Waals surface area contributed by atoms with Crippen molar-refractivity contribution in [1.29, 1.82) is 0 Å². The molecule has 1 fully saturated rings. The van der Waals surface area contributed by atoms with Crippen LogP contribution in [0.15, 0.2) is 65.1 Å². The monoisotopic (exact) mass is 424 g/mol. The molecule has 0 spiro atoms. The van der Waals surface area contributed by atoms with Gasteiger partial charge in [-0.05, 0) is 42.5 Å². The van der Waals surface area contributed by atoms with Crippen molar-refractivity contribution in [2.45, 2.75) is 13.2 Å². The summed E-state index contributed by atoms with van der Waals surface area (Å²) in [6, 6.07) is 17.4. The molecule has 0 radical (unpaired) electrons. The summed E-state index contributed by atoms with van der Waals surface area (Å²) in [6.07, 6.45) is 0. The molecule has 1 aliphatic heterocycles. The highest BCUT2D eigenvalue weighted by molar-refractivity contribution is 5.91. The summed E-state index contributed by atoms with van der Waals surface area (Å²) >= 11 is 0. The van der Waals surface area contributed by atoms with Gasteiger partial charge in [-0.25, -0.2) is 4.39 Å². The van der Waals surface area contributed by atoms with Crippen molar-refractivity contribution in [3.05, 3.63) is 83.6 Å². The van der Waals surface area contributed by atoms with Gasteiger partial charge in [0, 0.05) is 38.3 Å². The zero-order chi connectivity index (χ0) is 21.6. The maximum Gasteiger partial charge on any atom is 0.289 e. The smallest absolute Gasteiger partial charge is 0.289 e. The number of piperazine rings is 1. The highest BCUT2D eigenvalue weighted by Crippen LogP contribution is 2.22. The maximum atomic E-state index is 13.6. The molecule has 0 atom stereocenters. The third-order valence-corrected chi connectivity index (χ3v) is 5.29. The number of hydrogen-bond donors (Lipinski definition) is 0. The van der Waals surface area contributed by atoms with Gasteiger partial charge in [-0.2, -0.15) is 0 Å². The van der Waals surface area contributed by atoms with Gasteiger partial charge in [0.05, 0.1) is 7.11 Å². The highest BCUT2D eigenvalue weighted by atomic mass is 19.1. The van der Waals surface area contributed by atoms with Crippen molar-refractivity contribution < 1.29 is 23.1 Å². The molecular weight excluding hydrogens is 399 g/mol. The van der Waals surface area contributed by atoms with Crippen LogP contribution in [-0.2, 0) is 13.2 Å². The minimum atomic E-state index is -0.283. The normalized spacial score (nSPS) is 14.5. The standard InChI is InChI=1S/C24H25FN2O4/c1-29-22-9-7-19(25)15-18(22)16-26-11-13-27(14-12-26)24(28)23-10-8-21(31-23)17-30-20-5-3-2-4-6-20/h2-10,15H,11-14,16-17H2,1H3. The molecule has 0 unspecified atom stereocenters. The number of ether oxygens (including phenoxy) is 2. The van der Waals surface area contributed by atoms with Crippen LogP contribution in [0.25, 0.3) is 0 Å². The minimum Gasteiger partial charge on any atom is -0.496 e. The Morgan fingerprint density at radius 2 is 1.81 bits per heavy atom. The lowest BCUT2D eigenvalue weighted by Crippen LogP contribution is -2.48. The van der Waals surface area contributed by atoms with E-state index in [1.807, 2.05) is 30.3 Å². The van der Waals surface area contributed by atoms with Crippen molar-refractivity contribution >= 4 is 5.91 Å². The molecule has 2 heterocycles. The molecule has 1 saturated heterocycles. The lowest BCUT2D eigenvalue weighted by atomic mass is 10.1. The first-order valence-electron chi connectivity index (χ1n) is 10.2. The number of para-hydroxylation sites is 1. The van der Waals surface area contributed by atoms with Gasteiger partial charge in [0.25, 0.3) is 5.91 Å². The Morgan fingerprint density at radius 3 is 2.55 bits per heavy atom. The molecule has 3 aromatic rings. The summed E-state index contributed by atoms with van der Waals surface area (Å²) in [6.45, 7) is 3.37. The number of carbonyl (C=O) groups excluding carboxylic acids is 1. The van der Waals surface area contributed by atoms with Crippen LogP contribution < -0.4 is 9.47 Å². The number of methoxy groups -OCH3 is 1. The van der Waals surface area contributed by atoms with Crippen molar-refractivity contribution in [2.75, 3.05) is 33.3 Å². The number of carbonyl (C=O) groups is 1. The molecule has 0 saturated carbocycles. The Bertz CT molecular complexity index is 1010. The van der Waals surface area contributed by atoms with E-state index >= 15 is 0 Å². The quantitative estimate of drug-likeness (QED) is 0.575. The predicted molar refractivity (Wildman–Crippen MR) is 114 cm³/mol. The van der Waals surface area contributed by atoms with E-state index in [9.17, 15) is 9.18 Å². The van der Waals surface area contributed by atoms with Gasteiger partial charge in [-0.15, -0.1) is 0 Å².